The molecular weight excluding hydrogens is 506 g/mol. The van der Waals surface area contributed by atoms with E-state index in [1.54, 1.807) is 0 Å². The molecule has 15 heteroatoms. The van der Waals surface area contributed by atoms with Crippen LogP contribution in [0.2, 0.25) is 0 Å². The molecule has 0 radical (unpaired) electrons. The largest absolute Gasteiger partial charge is 0.474 e. The molecule has 1 saturated carbocycles. The minimum Gasteiger partial charge on any atom is -0.471 e. The van der Waals surface area contributed by atoms with Gasteiger partial charge in [-0.1, -0.05) is 0 Å². The lowest BCUT2D eigenvalue weighted by molar-refractivity contribution is -0.169. The highest BCUT2D eigenvalue weighted by atomic mass is 32.2. The molecule has 1 amide bonds. The van der Waals surface area contributed by atoms with Gasteiger partial charge in [0.2, 0.25) is 11.8 Å². The Kier molecular flexibility index (Phi) is 7.32. The van der Waals surface area contributed by atoms with Gasteiger partial charge in [0, 0.05) is 22.0 Å². The summed E-state index contributed by atoms with van der Waals surface area (Å²) in [5.41, 5.74) is -1.06. The number of amides is 1. The number of carbonyl (C=O) groups excluding carboxylic acids is 1. The first kappa shape index (κ1) is 26.7. The van der Waals surface area contributed by atoms with Crippen LogP contribution in [0.15, 0.2) is 39.7 Å². The van der Waals surface area contributed by atoms with E-state index in [0.717, 1.165) is 0 Å². The van der Waals surface area contributed by atoms with E-state index in [2.05, 4.69) is 19.6 Å². The monoisotopic (exact) mass is 526 g/mol. The van der Waals surface area contributed by atoms with Crippen LogP contribution in [-0.2, 0) is 20.7 Å². The van der Waals surface area contributed by atoms with Gasteiger partial charge in [0.25, 0.3) is 0 Å². The molecule has 192 valence electrons. The minimum absolute atomic E-state index is 0.0914. The number of ether oxygens (including phenoxy) is 1. The van der Waals surface area contributed by atoms with Crippen molar-refractivity contribution in [2.75, 3.05) is 5.32 Å². The molecule has 0 saturated heterocycles. The summed E-state index contributed by atoms with van der Waals surface area (Å²) in [6.45, 7) is 2.68. The summed E-state index contributed by atoms with van der Waals surface area (Å²) in [4.78, 5) is 18.6. The maximum atomic E-state index is 13.3. The number of alkyl halides is 6. The van der Waals surface area contributed by atoms with E-state index in [0.29, 0.717) is 19.0 Å². The molecule has 1 fully saturated rings. The van der Waals surface area contributed by atoms with E-state index in [-0.39, 0.29) is 16.5 Å². The van der Waals surface area contributed by atoms with E-state index >= 15 is 0 Å². The molecule has 0 bridgehead atoms. The number of hydrogen-bond donors (Lipinski definition) is 2. The normalized spacial score (nSPS) is 17.7. The van der Waals surface area contributed by atoms with Crippen molar-refractivity contribution in [3.8, 4) is 5.88 Å². The zero-order valence-corrected chi connectivity index (χ0v) is 19.0. The van der Waals surface area contributed by atoms with E-state index in [1.807, 2.05) is 0 Å². The summed E-state index contributed by atoms with van der Waals surface area (Å²) in [5, 5.41) is 11.5. The van der Waals surface area contributed by atoms with Crippen LogP contribution in [0.4, 0.5) is 38.0 Å². The number of rotatable bonds is 7. The highest BCUT2D eigenvalue weighted by Gasteiger charge is 2.43. The Bertz CT molecular complexity index is 1200. The topological polar surface area (TPSA) is 114 Å². The van der Waals surface area contributed by atoms with Gasteiger partial charge >= 0.3 is 18.3 Å². The third kappa shape index (κ3) is 6.39. The highest BCUT2D eigenvalue weighted by molar-refractivity contribution is 7.94. The summed E-state index contributed by atoms with van der Waals surface area (Å²) >= 11 is 0. The number of aliphatic hydroxyl groups excluding tert-OH is 1. The number of anilines is 2. The van der Waals surface area contributed by atoms with Crippen molar-refractivity contribution in [3.63, 3.8) is 0 Å². The molecular formula is C20H20F6N4O4S. The highest BCUT2D eigenvalue weighted by Crippen LogP contribution is 2.38. The average Bonchev–Trinajstić information content (AvgIpc) is 3.58. The zero-order valence-electron chi connectivity index (χ0n) is 18.2. The summed E-state index contributed by atoms with van der Waals surface area (Å²) in [5.74, 6) is -3.56. The second-order valence-corrected chi connectivity index (χ2v) is 10.2. The van der Waals surface area contributed by atoms with Crippen molar-refractivity contribution < 1.29 is 45.2 Å². The Morgan fingerprint density at radius 1 is 1.17 bits per heavy atom. The van der Waals surface area contributed by atoms with Crippen LogP contribution in [-0.4, -0.2) is 48.8 Å². The standard InChI is InChI=1S/C20H20F6N4O4S/c1-10(31)11(2)34-16-15(19(21,22)23)9-27-18(29-16)28-12-3-5-13(6-4-12)35(33,14-7-8-14)30-17(32)20(24,25)26/h3-6,9-11,14,31H,7-8H2,1-2H3,(H,27,28,29)/t10-,11-,35?/m1/s1. The maximum absolute atomic E-state index is 13.3. The zero-order chi connectivity index (χ0) is 26.2. The number of carbonyl (C=O) groups is 1. The predicted molar refractivity (Wildman–Crippen MR) is 111 cm³/mol. The first-order valence-electron chi connectivity index (χ1n) is 10.1. The lowest BCUT2D eigenvalue weighted by Crippen LogP contribution is -2.27. The molecule has 8 nitrogen and oxygen atoms in total. The second kappa shape index (κ2) is 9.60. The number of hydrogen-bond acceptors (Lipinski definition) is 7. The molecule has 35 heavy (non-hydrogen) atoms. The number of aromatic nitrogens is 2. The number of benzene rings is 1. The van der Waals surface area contributed by atoms with Gasteiger partial charge in [-0.15, -0.1) is 4.36 Å². The molecule has 2 aromatic rings. The fourth-order valence-corrected chi connectivity index (χ4v) is 5.02. The Labute approximate surface area is 195 Å². The van der Waals surface area contributed by atoms with Crippen LogP contribution in [0.5, 0.6) is 5.88 Å². The van der Waals surface area contributed by atoms with Crippen LogP contribution < -0.4 is 10.1 Å². The summed E-state index contributed by atoms with van der Waals surface area (Å²) in [6.07, 6.45) is -11.0. The van der Waals surface area contributed by atoms with Gasteiger partial charge in [0.05, 0.1) is 15.8 Å². The third-order valence-electron chi connectivity index (χ3n) is 4.92. The van der Waals surface area contributed by atoms with Crippen LogP contribution in [0.1, 0.15) is 32.3 Å². The Morgan fingerprint density at radius 3 is 2.26 bits per heavy atom. The van der Waals surface area contributed by atoms with E-state index in [1.165, 1.54) is 38.1 Å². The Balaban J connectivity index is 1.89. The first-order chi connectivity index (χ1) is 16.1. The van der Waals surface area contributed by atoms with E-state index < -0.39 is 56.9 Å². The van der Waals surface area contributed by atoms with Gasteiger partial charge in [-0.3, -0.25) is 4.79 Å². The average molecular weight is 526 g/mol. The maximum Gasteiger partial charge on any atom is 0.474 e. The van der Waals surface area contributed by atoms with Crippen molar-refractivity contribution in [2.24, 2.45) is 4.36 Å². The molecule has 1 aromatic carbocycles. The van der Waals surface area contributed by atoms with Crippen LogP contribution in [0, 0.1) is 0 Å². The Hall–Kier alpha value is -2.94. The molecule has 1 aliphatic rings. The molecule has 1 unspecified atom stereocenters. The quantitative estimate of drug-likeness (QED) is 0.512. The van der Waals surface area contributed by atoms with Gasteiger partial charge in [0.15, 0.2) is 0 Å². The van der Waals surface area contributed by atoms with E-state index in [9.17, 15) is 40.5 Å². The van der Waals surface area contributed by atoms with Crippen LogP contribution in [0.25, 0.3) is 0 Å². The Morgan fingerprint density at radius 2 is 1.77 bits per heavy atom. The van der Waals surface area contributed by atoms with Crippen molar-refractivity contribution in [3.05, 3.63) is 36.0 Å². The first-order valence-corrected chi connectivity index (χ1v) is 11.7. The number of halogens is 6. The van der Waals surface area contributed by atoms with Crippen molar-refractivity contribution in [1.82, 2.24) is 9.97 Å². The van der Waals surface area contributed by atoms with Gasteiger partial charge in [-0.05, 0) is 51.0 Å². The van der Waals surface area contributed by atoms with Gasteiger partial charge in [-0.25, -0.2) is 9.19 Å². The molecule has 1 heterocycles. The second-order valence-electron chi connectivity index (χ2n) is 7.79. The van der Waals surface area contributed by atoms with Gasteiger partial charge < -0.3 is 15.2 Å². The summed E-state index contributed by atoms with van der Waals surface area (Å²) in [7, 11) is -3.67. The van der Waals surface area contributed by atoms with Crippen molar-refractivity contribution in [1.29, 1.82) is 0 Å². The van der Waals surface area contributed by atoms with Gasteiger partial charge in [-0.2, -0.15) is 31.3 Å². The molecule has 0 aliphatic heterocycles. The summed E-state index contributed by atoms with van der Waals surface area (Å²) in [6, 6.07) is 4.97. The molecule has 1 aliphatic carbocycles. The smallest absolute Gasteiger partial charge is 0.471 e. The molecule has 0 spiro atoms. The fraction of sp³-hybridized carbons (Fsp3) is 0.450. The molecule has 3 rings (SSSR count). The van der Waals surface area contributed by atoms with Crippen LogP contribution >= 0.6 is 0 Å². The predicted octanol–water partition coefficient (Wildman–Crippen LogP) is 4.47. The number of aliphatic hydroxyl groups is 1. The lowest BCUT2D eigenvalue weighted by atomic mass is 10.2. The number of nitrogens with zero attached hydrogens (tertiary/aromatic N) is 3. The summed E-state index contributed by atoms with van der Waals surface area (Å²) < 4.78 is 99.1. The van der Waals surface area contributed by atoms with Crippen molar-refractivity contribution in [2.45, 2.75) is 61.4 Å². The molecule has 2 N–H and O–H groups in total. The lowest BCUT2D eigenvalue weighted by Gasteiger charge is -2.20. The van der Waals surface area contributed by atoms with Crippen LogP contribution in [0.3, 0.4) is 0 Å². The molecule has 1 aromatic heterocycles. The molecule has 3 atom stereocenters. The third-order valence-corrected chi connectivity index (χ3v) is 7.68. The number of nitrogens with one attached hydrogen (secondary N) is 1. The minimum atomic E-state index is -5.26. The SMILES string of the molecule is C[C@@H](O)[C@@H](C)Oc1nc(Nc2ccc(S(=O)(=NC(=O)C(F)(F)F)C3CC3)cc2)ncc1C(F)(F)F. The fourth-order valence-electron chi connectivity index (χ4n) is 2.73. The van der Waals surface area contributed by atoms with Crippen molar-refractivity contribution >= 4 is 27.3 Å². The van der Waals surface area contributed by atoms with E-state index in [4.69, 9.17) is 4.74 Å². The van der Waals surface area contributed by atoms with Gasteiger partial charge in [0.1, 0.15) is 11.7 Å².